The Hall–Kier alpha value is -2.63. The van der Waals surface area contributed by atoms with Gasteiger partial charge in [-0.15, -0.1) is 0 Å². The van der Waals surface area contributed by atoms with Crippen LogP contribution in [0.1, 0.15) is 21.7 Å². The second kappa shape index (κ2) is 6.43. The summed E-state index contributed by atoms with van der Waals surface area (Å²) in [6.07, 6.45) is 0. The van der Waals surface area contributed by atoms with Crippen molar-refractivity contribution in [2.24, 2.45) is 0 Å². The highest BCUT2D eigenvalue weighted by Gasteiger charge is 2.13. The average Bonchev–Trinajstić information content (AvgIpc) is 2.50. The van der Waals surface area contributed by atoms with Gasteiger partial charge >= 0.3 is 0 Å². The first-order valence-corrected chi connectivity index (χ1v) is 6.90. The Balaban J connectivity index is 2.24. The van der Waals surface area contributed by atoms with E-state index in [1.54, 1.807) is 31.4 Å². The van der Waals surface area contributed by atoms with Crippen molar-refractivity contribution in [2.45, 2.75) is 13.8 Å². The molecule has 0 spiro atoms. The van der Waals surface area contributed by atoms with E-state index in [1.807, 2.05) is 32.8 Å². The molecule has 1 aromatic carbocycles. The fourth-order valence-corrected chi connectivity index (χ4v) is 2.01. The van der Waals surface area contributed by atoms with Gasteiger partial charge < -0.3 is 15.0 Å². The Bertz CT molecular complexity index is 658. The minimum absolute atomic E-state index is 0.199. The summed E-state index contributed by atoms with van der Waals surface area (Å²) in [5, 5.41) is 2.88. The maximum Gasteiger partial charge on any atom is 0.255 e. The lowest BCUT2D eigenvalue weighted by molar-refractivity contribution is 0.102. The number of carbonyl (C=O) groups excluding carboxylic acids is 1. The molecule has 2 aromatic rings. The molecule has 1 N–H and O–H groups in total. The number of nitrogens with zero attached hydrogens (tertiary/aromatic N) is 3. The molecule has 0 aliphatic rings. The van der Waals surface area contributed by atoms with Gasteiger partial charge in [0, 0.05) is 19.7 Å². The number of nitrogens with one attached hydrogen (secondary N) is 1. The van der Waals surface area contributed by atoms with Crippen molar-refractivity contribution < 1.29 is 9.53 Å². The third-order valence-electron chi connectivity index (χ3n) is 3.25. The number of amides is 1. The second-order valence-corrected chi connectivity index (χ2v) is 5.15. The largest absolute Gasteiger partial charge is 0.497 e. The molecule has 1 amide bonds. The second-order valence-electron chi connectivity index (χ2n) is 5.15. The van der Waals surface area contributed by atoms with Gasteiger partial charge in [0.1, 0.15) is 5.75 Å². The zero-order valence-corrected chi connectivity index (χ0v) is 13.5. The molecule has 0 atom stereocenters. The first-order chi connectivity index (χ1) is 10.4. The fraction of sp³-hybridized carbons (Fsp3) is 0.312. The van der Waals surface area contributed by atoms with Gasteiger partial charge in [0.15, 0.2) is 0 Å². The standard InChI is InChI=1S/C16H20N4O2/c1-10-14(11(2)18-16(17-10)20(3)4)19-15(21)12-6-8-13(22-5)9-7-12/h6-9H,1-5H3,(H,19,21). The number of benzene rings is 1. The molecule has 0 radical (unpaired) electrons. The normalized spacial score (nSPS) is 10.2. The quantitative estimate of drug-likeness (QED) is 0.939. The molecule has 1 aromatic heterocycles. The van der Waals surface area contributed by atoms with Crippen molar-refractivity contribution in [3.05, 3.63) is 41.2 Å². The molecule has 6 heteroatoms. The highest BCUT2D eigenvalue weighted by atomic mass is 16.5. The predicted molar refractivity (Wildman–Crippen MR) is 86.8 cm³/mol. The van der Waals surface area contributed by atoms with E-state index < -0.39 is 0 Å². The van der Waals surface area contributed by atoms with Crippen LogP contribution in [0.5, 0.6) is 5.75 Å². The van der Waals surface area contributed by atoms with Crippen LogP contribution in [0.4, 0.5) is 11.6 Å². The highest BCUT2D eigenvalue weighted by molar-refractivity contribution is 6.04. The number of carbonyl (C=O) groups is 1. The van der Waals surface area contributed by atoms with E-state index in [4.69, 9.17) is 4.74 Å². The number of rotatable bonds is 4. The van der Waals surface area contributed by atoms with E-state index in [-0.39, 0.29) is 5.91 Å². The molecule has 1 heterocycles. The van der Waals surface area contributed by atoms with Crippen LogP contribution in [0.25, 0.3) is 0 Å². The molecule has 0 bridgehead atoms. The van der Waals surface area contributed by atoms with Crippen LogP contribution in [0.15, 0.2) is 24.3 Å². The predicted octanol–water partition coefficient (Wildman–Crippen LogP) is 2.42. The molecule has 22 heavy (non-hydrogen) atoms. The first kappa shape index (κ1) is 15.8. The van der Waals surface area contributed by atoms with E-state index in [0.717, 1.165) is 11.4 Å². The highest BCUT2D eigenvalue weighted by Crippen LogP contribution is 2.21. The van der Waals surface area contributed by atoms with Gasteiger partial charge in [0.25, 0.3) is 5.91 Å². The third kappa shape index (κ3) is 3.33. The summed E-state index contributed by atoms with van der Waals surface area (Å²) < 4.78 is 5.08. The third-order valence-corrected chi connectivity index (χ3v) is 3.25. The maximum atomic E-state index is 12.3. The van der Waals surface area contributed by atoms with Gasteiger partial charge in [-0.1, -0.05) is 0 Å². The Labute approximate surface area is 130 Å². The molecule has 0 fully saturated rings. The molecule has 2 rings (SSSR count). The summed E-state index contributed by atoms with van der Waals surface area (Å²) in [5.41, 5.74) is 2.67. The number of anilines is 2. The van der Waals surface area contributed by atoms with E-state index in [9.17, 15) is 4.79 Å². The van der Waals surface area contributed by atoms with Gasteiger partial charge in [-0.2, -0.15) is 0 Å². The lowest BCUT2D eigenvalue weighted by atomic mass is 10.2. The molecule has 6 nitrogen and oxygen atoms in total. The van der Waals surface area contributed by atoms with Crippen LogP contribution >= 0.6 is 0 Å². The van der Waals surface area contributed by atoms with E-state index in [2.05, 4.69) is 15.3 Å². The van der Waals surface area contributed by atoms with Crippen molar-refractivity contribution in [3.63, 3.8) is 0 Å². The SMILES string of the molecule is COc1ccc(C(=O)Nc2c(C)nc(N(C)C)nc2C)cc1. The van der Waals surface area contributed by atoms with Gasteiger partial charge in [-0.25, -0.2) is 9.97 Å². The number of hydrogen-bond acceptors (Lipinski definition) is 5. The molecular formula is C16H20N4O2. The molecular weight excluding hydrogens is 280 g/mol. The summed E-state index contributed by atoms with van der Waals surface area (Å²) in [4.78, 5) is 22.9. The number of aryl methyl sites for hydroxylation is 2. The van der Waals surface area contributed by atoms with Gasteiger partial charge in [-0.3, -0.25) is 4.79 Å². The molecule has 0 unspecified atom stereocenters. The smallest absolute Gasteiger partial charge is 0.255 e. The lowest BCUT2D eigenvalue weighted by Gasteiger charge is -2.15. The van der Waals surface area contributed by atoms with E-state index in [1.165, 1.54) is 0 Å². The van der Waals surface area contributed by atoms with Crippen LogP contribution in [-0.4, -0.2) is 37.1 Å². The van der Waals surface area contributed by atoms with Crippen molar-refractivity contribution in [2.75, 3.05) is 31.4 Å². The fourth-order valence-electron chi connectivity index (χ4n) is 2.01. The van der Waals surface area contributed by atoms with Crippen molar-refractivity contribution >= 4 is 17.5 Å². The van der Waals surface area contributed by atoms with Crippen LogP contribution in [0, 0.1) is 13.8 Å². The molecule has 0 saturated heterocycles. The molecule has 0 saturated carbocycles. The van der Waals surface area contributed by atoms with Gasteiger partial charge in [0.05, 0.1) is 24.2 Å². The minimum Gasteiger partial charge on any atom is -0.497 e. The Morgan fingerprint density at radius 1 is 1.09 bits per heavy atom. The van der Waals surface area contributed by atoms with Crippen molar-refractivity contribution in [3.8, 4) is 5.75 Å². The minimum atomic E-state index is -0.199. The maximum absolute atomic E-state index is 12.3. The Morgan fingerprint density at radius 3 is 2.09 bits per heavy atom. The van der Waals surface area contributed by atoms with E-state index >= 15 is 0 Å². The molecule has 0 aliphatic carbocycles. The average molecular weight is 300 g/mol. The van der Waals surface area contributed by atoms with Gasteiger partial charge in [0.2, 0.25) is 5.95 Å². The summed E-state index contributed by atoms with van der Waals surface area (Å²) >= 11 is 0. The topological polar surface area (TPSA) is 67.3 Å². The summed E-state index contributed by atoms with van der Waals surface area (Å²) in [7, 11) is 5.35. The number of methoxy groups -OCH3 is 1. The Morgan fingerprint density at radius 2 is 1.64 bits per heavy atom. The molecule has 116 valence electrons. The van der Waals surface area contributed by atoms with Crippen molar-refractivity contribution in [1.29, 1.82) is 0 Å². The van der Waals surface area contributed by atoms with Crippen LogP contribution in [-0.2, 0) is 0 Å². The zero-order chi connectivity index (χ0) is 16.3. The van der Waals surface area contributed by atoms with Crippen LogP contribution < -0.4 is 15.0 Å². The monoisotopic (exact) mass is 300 g/mol. The molecule has 0 aliphatic heterocycles. The van der Waals surface area contributed by atoms with Crippen LogP contribution in [0.2, 0.25) is 0 Å². The summed E-state index contributed by atoms with van der Waals surface area (Å²) in [6, 6.07) is 6.93. The lowest BCUT2D eigenvalue weighted by Crippen LogP contribution is -2.18. The summed E-state index contributed by atoms with van der Waals surface area (Å²) in [6.45, 7) is 3.70. The number of aromatic nitrogens is 2. The Kier molecular flexibility index (Phi) is 4.60. The number of hydrogen-bond donors (Lipinski definition) is 1. The van der Waals surface area contributed by atoms with Gasteiger partial charge in [-0.05, 0) is 38.1 Å². The van der Waals surface area contributed by atoms with Crippen molar-refractivity contribution in [1.82, 2.24) is 9.97 Å². The first-order valence-electron chi connectivity index (χ1n) is 6.90. The zero-order valence-electron chi connectivity index (χ0n) is 13.5. The summed E-state index contributed by atoms with van der Waals surface area (Å²) in [5.74, 6) is 1.13. The van der Waals surface area contributed by atoms with Crippen LogP contribution in [0.3, 0.4) is 0 Å². The number of ether oxygens (including phenoxy) is 1. The van der Waals surface area contributed by atoms with E-state index in [0.29, 0.717) is 22.9 Å².